The van der Waals surface area contributed by atoms with Gasteiger partial charge in [-0.2, -0.15) is 4.31 Å². The van der Waals surface area contributed by atoms with Gasteiger partial charge in [0.1, 0.15) is 0 Å². The Bertz CT molecular complexity index is 676. The van der Waals surface area contributed by atoms with Gasteiger partial charge in [-0.15, -0.1) is 6.58 Å². The van der Waals surface area contributed by atoms with E-state index >= 15 is 0 Å². The molecule has 0 aliphatic carbocycles. The van der Waals surface area contributed by atoms with Crippen molar-refractivity contribution in [1.82, 2.24) is 14.5 Å². The van der Waals surface area contributed by atoms with E-state index in [4.69, 9.17) is 0 Å². The van der Waals surface area contributed by atoms with Gasteiger partial charge in [0, 0.05) is 32.7 Å². The number of nitrogens with zero attached hydrogens (tertiary/aromatic N) is 2. The Balaban J connectivity index is 2.01. The van der Waals surface area contributed by atoms with Gasteiger partial charge < -0.3 is 10.2 Å². The molecule has 0 spiro atoms. The molecule has 24 heavy (non-hydrogen) atoms. The van der Waals surface area contributed by atoms with Crippen molar-refractivity contribution in [1.29, 1.82) is 0 Å². The molecule has 132 valence electrons. The molecule has 1 fully saturated rings. The summed E-state index contributed by atoms with van der Waals surface area (Å²) in [6.07, 6.45) is 1.61. The average molecular weight is 351 g/mol. The standard InChI is InChI=1S/C17H25N3O3S/c1-4-9-18-17(21)19-10-12-20(13-11-19)24(22,23)16-7-5-15(6-8-16)14(2)3/h4-8,14H,1,9-13H2,2-3H3,(H,18,21). The smallest absolute Gasteiger partial charge is 0.317 e. The average Bonchev–Trinajstić information content (AvgIpc) is 2.59. The minimum atomic E-state index is -3.51. The van der Waals surface area contributed by atoms with Crippen molar-refractivity contribution in [2.75, 3.05) is 32.7 Å². The molecule has 2 amide bonds. The van der Waals surface area contributed by atoms with Crippen LogP contribution in [0.1, 0.15) is 25.3 Å². The van der Waals surface area contributed by atoms with Crippen LogP contribution in [0.5, 0.6) is 0 Å². The maximum Gasteiger partial charge on any atom is 0.317 e. The van der Waals surface area contributed by atoms with E-state index in [0.717, 1.165) is 5.56 Å². The fraction of sp³-hybridized carbons (Fsp3) is 0.471. The molecule has 1 aliphatic rings. The minimum Gasteiger partial charge on any atom is -0.335 e. The molecule has 1 aliphatic heterocycles. The number of nitrogens with one attached hydrogen (secondary N) is 1. The summed E-state index contributed by atoms with van der Waals surface area (Å²) in [5.74, 6) is 0.361. The summed E-state index contributed by atoms with van der Waals surface area (Å²) >= 11 is 0. The molecule has 7 heteroatoms. The lowest BCUT2D eigenvalue weighted by Crippen LogP contribution is -2.53. The van der Waals surface area contributed by atoms with E-state index in [1.54, 1.807) is 23.1 Å². The second kappa shape index (κ2) is 7.81. The van der Waals surface area contributed by atoms with Crippen LogP contribution in [0.15, 0.2) is 41.8 Å². The summed E-state index contributed by atoms with van der Waals surface area (Å²) in [4.78, 5) is 13.8. The van der Waals surface area contributed by atoms with Crippen molar-refractivity contribution in [2.24, 2.45) is 0 Å². The van der Waals surface area contributed by atoms with E-state index in [1.165, 1.54) is 4.31 Å². The highest BCUT2D eigenvalue weighted by molar-refractivity contribution is 7.89. The first-order valence-electron chi connectivity index (χ1n) is 8.10. The molecular formula is C17H25N3O3S. The van der Waals surface area contributed by atoms with Crippen LogP contribution in [0, 0.1) is 0 Å². The first-order valence-corrected chi connectivity index (χ1v) is 9.54. The maximum absolute atomic E-state index is 12.7. The summed E-state index contributed by atoms with van der Waals surface area (Å²) in [6, 6.07) is 6.85. The highest BCUT2D eigenvalue weighted by Gasteiger charge is 2.29. The highest BCUT2D eigenvalue weighted by atomic mass is 32.2. The van der Waals surface area contributed by atoms with Gasteiger partial charge in [0.2, 0.25) is 10.0 Å². The summed E-state index contributed by atoms with van der Waals surface area (Å²) < 4.78 is 26.9. The monoisotopic (exact) mass is 351 g/mol. The lowest BCUT2D eigenvalue weighted by Gasteiger charge is -2.33. The van der Waals surface area contributed by atoms with Crippen LogP contribution in [-0.4, -0.2) is 56.4 Å². The largest absolute Gasteiger partial charge is 0.335 e. The Kier molecular flexibility index (Phi) is 6.01. The Hall–Kier alpha value is -1.86. The molecule has 0 aromatic heterocycles. The molecule has 0 atom stereocenters. The highest BCUT2D eigenvalue weighted by Crippen LogP contribution is 2.21. The van der Waals surface area contributed by atoms with Crippen LogP contribution in [0.4, 0.5) is 4.79 Å². The van der Waals surface area contributed by atoms with Gasteiger partial charge >= 0.3 is 6.03 Å². The number of benzene rings is 1. The number of sulfonamides is 1. The van der Waals surface area contributed by atoms with E-state index < -0.39 is 10.0 Å². The number of rotatable bonds is 5. The number of hydrogen-bond acceptors (Lipinski definition) is 3. The molecule has 1 saturated heterocycles. The van der Waals surface area contributed by atoms with Crippen molar-refractivity contribution in [2.45, 2.75) is 24.7 Å². The van der Waals surface area contributed by atoms with Gasteiger partial charge in [-0.05, 0) is 23.6 Å². The zero-order valence-corrected chi connectivity index (χ0v) is 15.1. The molecule has 2 rings (SSSR count). The van der Waals surface area contributed by atoms with Crippen molar-refractivity contribution in [3.05, 3.63) is 42.5 Å². The summed E-state index contributed by atoms with van der Waals surface area (Å²) in [5, 5.41) is 2.71. The first kappa shape index (κ1) is 18.5. The topological polar surface area (TPSA) is 69.7 Å². The second-order valence-electron chi connectivity index (χ2n) is 6.09. The lowest BCUT2D eigenvalue weighted by molar-refractivity contribution is 0.173. The van der Waals surface area contributed by atoms with Gasteiger partial charge in [-0.25, -0.2) is 13.2 Å². The third-order valence-electron chi connectivity index (χ3n) is 4.11. The third kappa shape index (κ3) is 4.15. The zero-order valence-electron chi connectivity index (χ0n) is 14.2. The number of amides is 2. The summed E-state index contributed by atoms with van der Waals surface area (Å²) in [7, 11) is -3.51. The Labute approximate surface area is 144 Å². The van der Waals surface area contributed by atoms with Gasteiger partial charge in [0.05, 0.1) is 4.90 Å². The fourth-order valence-electron chi connectivity index (χ4n) is 2.58. The summed E-state index contributed by atoms with van der Waals surface area (Å²) in [6.45, 7) is 9.46. The number of urea groups is 1. The van der Waals surface area contributed by atoms with Crippen LogP contribution in [0.2, 0.25) is 0 Å². The van der Waals surface area contributed by atoms with Gasteiger partial charge in [-0.3, -0.25) is 0 Å². The maximum atomic E-state index is 12.7. The SMILES string of the molecule is C=CCNC(=O)N1CCN(S(=O)(=O)c2ccc(C(C)C)cc2)CC1. The van der Waals surface area contributed by atoms with E-state index in [0.29, 0.717) is 43.5 Å². The fourth-order valence-corrected chi connectivity index (χ4v) is 4.00. The normalized spacial score (nSPS) is 16.2. The molecule has 1 aromatic carbocycles. The molecule has 0 radical (unpaired) electrons. The number of carbonyl (C=O) groups excluding carboxylic acids is 1. The van der Waals surface area contributed by atoms with Crippen molar-refractivity contribution in [3.8, 4) is 0 Å². The Morgan fingerprint density at radius 2 is 1.79 bits per heavy atom. The van der Waals surface area contributed by atoms with Crippen molar-refractivity contribution < 1.29 is 13.2 Å². The molecule has 0 bridgehead atoms. The van der Waals surface area contributed by atoms with Gasteiger partial charge in [-0.1, -0.05) is 32.1 Å². The lowest BCUT2D eigenvalue weighted by atomic mass is 10.0. The number of piperazine rings is 1. The molecule has 1 heterocycles. The number of carbonyl (C=O) groups is 1. The number of hydrogen-bond donors (Lipinski definition) is 1. The predicted octanol–water partition coefficient (Wildman–Crippen LogP) is 2.01. The van der Waals surface area contributed by atoms with Crippen LogP contribution in [0.3, 0.4) is 0 Å². The van der Waals surface area contributed by atoms with Gasteiger partial charge in [0.25, 0.3) is 0 Å². The quantitative estimate of drug-likeness (QED) is 0.825. The van der Waals surface area contributed by atoms with E-state index in [1.807, 2.05) is 12.1 Å². The zero-order chi connectivity index (χ0) is 17.7. The summed E-state index contributed by atoms with van der Waals surface area (Å²) in [5.41, 5.74) is 1.11. The molecule has 1 aromatic rings. The van der Waals surface area contributed by atoms with Crippen LogP contribution in [-0.2, 0) is 10.0 Å². The van der Waals surface area contributed by atoms with Crippen LogP contribution in [0.25, 0.3) is 0 Å². The molecule has 0 saturated carbocycles. The van der Waals surface area contributed by atoms with E-state index in [2.05, 4.69) is 25.7 Å². The van der Waals surface area contributed by atoms with Gasteiger partial charge in [0.15, 0.2) is 0 Å². The molecule has 1 N–H and O–H groups in total. The van der Waals surface area contributed by atoms with E-state index in [9.17, 15) is 13.2 Å². The van der Waals surface area contributed by atoms with Crippen molar-refractivity contribution in [3.63, 3.8) is 0 Å². The molecular weight excluding hydrogens is 326 g/mol. The van der Waals surface area contributed by atoms with Crippen molar-refractivity contribution >= 4 is 16.1 Å². The van der Waals surface area contributed by atoms with Crippen LogP contribution >= 0.6 is 0 Å². The Morgan fingerprint density at radius 3 is 2.29 bits per heavy atom. The van der Waals surface area contributed by atoms with Crippen LogP contribution < -0.4 is 5.32 Å². The minimum absolute atomic E-state index is 0.187. The Morgan fingerprint density at radius 1 is 1.21 bits per heavy atom. The third-order valence-corrected chi connectivity index (χ3v) is 6.02. The predicted molar refractivity (Wildman–Crippen MR) is 94.5 cm³/mol. The molecule has 6 nitrogen and oxygen atoms in total. The first-order chi connectivity index (χ1) is 11.4. The molecule has 0 unspecified atom stereocenters. The van der Waals surface area contributed by atoms with E-state index in [-0.39, 0.29) is 6.03 Å². The second-order valence-corrected chi connectivity index (χ2v) is 8.03.